The Morgan fingerprint density at radius 3 is 2.58 bits per heavy atom. The lowest BCUT2D eigenvalue weighted by atomic mass is 10.1. The first kappa shape index (κ1) is 16.1. The highest BCUT2D eigenvalue weighted by molar-refractivity contribution is 6.30. The average Bonchev–Trinajstić information content (AvgIpc) is 2.24. The minimum Gasteiger partial charge on any atom is -0.491 e. The van der Waals surface area contributed by atoms with Crippen LogP contribution in [0.25, 0.3) is 0 Å². The van der Waals surface area contributed by atoms with Gasteiger partial charge in [-0.15, -0.1) is 13.2 Å². The van der Waals surface area contributed by atoms with Crippen LogP contribution >= 0.6 is 11.6 Å². The van der Waals surface area contributed by atoms with Crippen LogP contribution in [0.1, 0.15) is 12.5 Å². The lowest BCUT2D eigenvalue weighted by Gasteiger charge is -2.14. The quantitative estimate of drug-likeness (QED) is 0.820. The lowest BCUT2D eigenvalue weighted by molar-refractivity contribution is -0.325. The molecule has 0 aromatic heterocycles. The van der Waals surface area contributed by atoms with E-state index in [-0.39, 0.29) is 12.6 Å². The second-order valence-corrected chi connectivity index (χ2v) is 4.51. The van der Waals surface area contributed by atoms with Crippen molar-refractivity contribution in [1.82, 2.24) is 0 Å². The van der Waals surface area contributed by atoms with Gasteiger partial charge in [0.2, 0.25) is 0 Å². The van der Waals surface area contributed by atoms with Crippen LogP contribution < -0.4 is 10.5 Å². The second kappa shape index (κ2) is 6.98. The third-order valence-electron chi connectivity index (χ3n) is 2.17. The number of rotatable bonds is 6. The van der Waals surface area contributed by atoms with Gasteiger partial charge in [0.15, 0.2) is 0 Å². The maximum atomic E-state index is 11.8. The molecule has 0 aliphatic rings. The largest absolute Gasteiger partial charge is 0.522 e. The minimum atomic E-state index is -4.64. The molecule has 1 atom stereocenters. The molecule has 1 unspecified atom stereocenters. The molecule has 1 aromatic rings. The molecule has 7 heteroatoms. The normalized spacial score (nSPS) is 13.4. The standard InChI is InChI=1S/C12H15ClF3NO2/c1-8(17)6-9-7-10(13)2-3-11(9)18-4-5-19-12(14,15)16/h2-3,7-8H,4-6,17H2,1H3. The van der Waals surface area contributed by atoms with Crippen LogP contribution in [0.4, 0.5) is 13.2 Å². The molecule has 1 rings (SSSR count). The maximum absolute atomic E-state index is 11.8. The number of alkyl halides is 3. The van der Waals surface area contributed by atoms with Crippen LogP contribution in [0.5, 0.6) is 5.75 Å². The number of hydrogen-bond acceptors (Lipinski definition) is 3. The molecule has 108 valence electrons. The topological polar surface area (TPSA) is 44.5 Å². The van der Waals surface area contributed by atoms with E-state index in [1.807, 2.05) is 6.92 Å². The van der Waals surface area contributed by atoms with E-state index in [0.717, 1.165) is 5.56 Å². The van der Waals surface area contributed by atoms with E-state index in [1.54, 1.807) is 18.2 Å². The Hall–Kier alpha value is -0.980. The zero-order valence-corrected chi connectivity index (χ0v) is 11.1. The zero-order chi connectivity index (χ0) is 14.5. The molecular weight excluding hydrogens is 283 g/mol. The van der Waals surface area contributed by atoms with Gasteiger partial charge in [0.1, 0.15) is 12.4 Å². The summed E-state index contributed by atoms with van der Waals surface area (Å²) in [6.07, 6.45) is -4.12. The van der Waals surface area contributed by atoms with Crippen LogP contribution in [0, 0.1) is 0 Å². The van der Waals surface area contributed by atoms with E-state index in [1.165, 1.54) is 0 Å². The van der Waals surface area contributed by atoms with Crippen molar-refractivity contribution in [2.75, 3.05) is 13.2 Å². The van der Waals surface area contributed by atoms with E-state index in [0.29, 0.717) is 17.2 Å². The molecule has 0 saturated heterocycles. The Bertz CT molecular complexity index is 410. The summed E-state index contributed by atoms with van der Waals surface area (Å²) >= 11 is 5.85. The number of ether oxygens (including phenoxy) is 2. The lowest BCUT2D eigenvalue weighted by Crippen LogP contribution is -2.20. The molecule has 19 heavy (non-hydrogen) atoms. The van der Waals surface area contributed by atoms with Gasteiger partial charge >= 0.3 is 6.36 Å². The Labute approximate surface area is 114 Å². The molecule has 0 saturated carbocycles. The average molecular weight is 298 g/mol. The summed E-state index contributed by atoms with van der Waals surface area (Å²) in [5.41, 5.74) is 6.44. The molecular formula is C12H15ClF3NO2. The molecule has 0 spiro atoms. The van der Waals surface area contributed by atoms with Gasteiger partial charge in [-0.2, -0.15) is 0 Å². The van der Waals surface area contributed by atoms with Crippen molar-refractivity contribution in [1.29, 1.82) is 0 Å². The van der Waals surface area contributed by atoms with Gasteiger partial charge in [-0.3, -0.25) is 4.74 Å². The van der Waals surface area contributed by atoms with Crippen LogP contribution in [0.15, 0.2) is 18.2 Å². The maximum Gasteiger partial charge on any atom is 0.522 e. The summed E-state index contributed by atoms with van der Waals surface area (Å²) in [5, 5.41) is 0.523. The van der Waals surface area contributed by atoms with Gasteiger partial charge in [0, 0.05) is 11.1 Å². The van der Waals surface area contributed by atoms with Crippen LogP contribution in [0.3, 0.4) is 0 Å². The van der Waals surface area contributed by atoms with Crippen molar-refractivity contribution < 1.29 is 22.6 Å². The van der Waals surface area contributed by atoms with E-state index < -0.39 is 13.0 Å². The molecule has 0 bridgehead atoms. The summed E-state index contributed by atoms with van der Waals surface area (Å²) < 4.78 is 44.2. The Kier molecular flexibility index (Phi) is 5.90. The number of benzene rings is 1. The SMILES string of the molecule is CC(N)Cc1cc(Cl)ccc1OCCOC(F)(F)F. The predicted molar refractivity (Wildman–Crippen MR) is 66.3 cm³/mol. The summed E-state index contributed by atoms with van der Waals surface area (Å²) in [7, 11) is 0. The van der Waals surface area contributed by atoms with Gasteiger partial charge < -0.3 is 10.5 Å². The molecule has 0 aliphatic carbocycles. The van der Waals surface area contributed by atoms with E-state index in [9.17, 15) is 13.2 Å². The smallest absolute Gasteiger partial charge is 0.491 e. The molecule has 1 aromatic carbocycles. The zero-order valence-electron chi connectivity index (χ0n) is 10.3. The Morgan fingerprint density at radius 2 is 2.00 bits per heavy atom. The monoisotopic (exact) mass is 297 g/mol. The van der Waals surface area contributed by atoms with Crippen molar-refractivity contribution in [2.24, 2.45) is 5.73 Å². The first-order valence-electron chi connectivity index (χ1n) is 5.65. The third kappa shape index (κ3) is 6.66. The molecule has 0 radical (unpaired) electrons. The summed E-state index contributed by atoms with van der Waals surface area (Å²) in [6, 6.07) is 4.79. The highest BCUT2D eigenvalue weighted by Gasteiger charge is 2.28. The van der Waals surface area contributed by atoms with Gasteiger partial charge in [-0.05, 0) is 37.1 Å². The fraction of sp³-hybridized carbons (Fsp3) is 0.500. The first-order valence-corrected chi connectivity index (χ1v) is 6.03. The Morgan fingerprint density at radius 1 is 1.32 bits per heavy atom. The van der Waals surface area contributed by atoms with Crippen LogP contribution in [-0.2, 0) is 11.2 Å². The minimum absolute atomic E-state index is 0.104. The number of hydrogen-bond donors (Lipinski definition) is 1. The number of nitrogens with two attached hydrogens (primary N) is 1. The molecule has 0 heterocycles. The summed E-state index contributed by atoms with van der Waals surface area (Å²) in [6.45, 7) is 1.05. The highest BCUT2D eigenvalue weighted by atomic mass is 35.5. The highest BCUT2D eigenvalue weighted by Crippen LogP contribution is 2.24. The van der Waals surface area contributed by atoms with Crippen molar-refractivity contribution in [3.8, 4) is 5.75 Å². The Balaban J connectivity index is 2.57. The van der Waals surface area contributed by atoms with E-state index in [2.05, 4.69) is 4.74 Å². The van der Waals surface area contributed by atoms with Gasteiger partial charge in [0.25, 0.3) is 0 Å². The van der Waals surface area contributed by atoms with Crippen molar-refractivity contribution in [3.63, 3.8) is 0 Å². The van der Waals surface area contributed by atoms with Gasteiger partial charge in [0.05, 0.1) is 6.61 Å². The summed E-state index contributed by atoms with van der Waals surface area (Å²) in [5.74, 6) is 0.465. The van der Waals surface area contributed by atoms with E-state index in [4.69, 9.17) is 22.1 Å². The molecule has 0 fully saturated rings. The first-order chi connectivity index (χ1) is 8.78. The molecule has 3 nitrogen and oxygen atoms in total. The van der Waals surface area contributed by atoms with Crippen molar-refractivity contribution in [2.45, 2.75) is 25.7 Å². The number of halogens is 4. The van der Waals surface area contributed by atoms with Gasteiger partial charge in [-0.1, -0.05) is 11.6 Å². The van der Waals surface area contributed by atoms with Crippen LogP contribution in [0.2, 0.25) is 5.02 Å². The van der Waals surface area contributed by atoms with Crippen LogP contribution in [-0.4, -0.2) is 25.6 Å². The molecule has 2 N–H and O–H groups in total. The second-order valence-electron chi connectivity index (χ2n) is 4.08. The van der Waals surface area contributed by atoms with E-state index >= 15 is 0 Å². The van der Waals surface area contributed by atoms with Crippen molar-refractivity contribution in [3.05, 3.63) is 28.8 Å². The molecule has 0 amide bonds. The van der Waals surface area contributed by atoms with Gasteiger partial charge in [-0.25, -0.2) is 0 Å². The predicted octanol–water partition coefficient (Wildman–Crippen LogP) is 3.14. The third-order valence-corrected chi connectivity index (χ3v) is 2.41. The van der Waals surface area contributed by atoms with Crippen molar-refractivity contribution >= 4 is 11.6 Å². The summed E-state index contributed by atoms with van der Waals surface area (Å²) in [4.78, 5) is 0. The molecule has 0 aliphatic heterocycles. The fourth-order valence-electron chi connectivity index (χ4n) is 1.50. The fourth-order valence-corrected chi connectivity index (χ4v) is 1.70.